The van der Waals surface area contributed by atoms with E-state index in [-0.39, 0.29) is 56.9 Å². The Morgan fingerprint density at radius 3 is 2.40 bits per heavy atom. The van der Waals surface area contributed by atoms with Gasteiger partial charge < -0.3 is 16.2 Å². The number of hydrogen-bond donors (Lipinski definition) is 0. The van der Waals surface area contributed by atoms with E-state index in [1.54, 1.807) is 0 Å². The molecule has 0 atom stereocenters. The van der Waals surface area contributed by atoms with Gasteiger partial charge in [0.2, 0.25) is 0 Å². The molecule has 3 nitrogen and oxygen atoms in total. The molecular weight excluding hydrogens is 255 g/mol. The summed E-state index contributed by atoms with van der Waals surface area (Å²) in [5.41, 5.74) is 0. The van der Waals surface area contributed by atoms with Crippen LogP contribution in [0, 0.1) is 0 Å². The molecule has 10 heavy (non-hydrogen) atoms. The molecule has 0 amide bonds. The molecule has 0 N–H and O–H groups in total. The van der Waals surface area contributed by atoms with Crippen molar-refractivity contribution in [3.05, 3.63) is 0 Å². The average Bonchev–Trinajstić information content (AvgIpc) is 1.80. The fraction of sp³-hybridized carbons (Fsp3) is 1.00. The Hall–Kier alpha value is 1.45. The first kappa shape index (κ1) is 14.0. The van der Waals surface area contributed by atoms with E-state index < -0.39 is 0 Å². The molecule has 0 aliphatic heterocycles. The third-order valence-electron chi connectivity index (χ3n) is 0.911. The van der Waals surface area contributed by atoms with Crippen LogP contribution < -0.4 is 5.11 Å². The van der Waals surface area contributed by atoms with Crippen LogP contribution in [0.4, 0.5) is 0 Å². The molecular formula is C6H15BaNO2. The summed E-state index contributed by atoms with van der Waals surface area (Å²) in [7, 11) is 3.95. The van der Waals surface area contributed by atoms with Crippen LogP contribution in [0.3, 0.4) is 0 Å². The van der Waals surface area contributed by atoms with Crippen molar-refractivity contribution in [1.82, 2.24) is 4.90 Å². The van der Waals surface area contributed by atoms with E-state index in [1.165, 1.54) is 0 Å². The molecule has 0 fully saturated rings. The SMILES string of the molecule is CN(C)CCOCC[O-].[Ba+2].[H-]. The Balaban J connectivity index is -0.000000320. The maximum absolute atomic E-state index is 9.84. The first-order chi connectivity index (χ1) is 4.27. The Kier molecular flexibility index (Phi) is 14.6. The minimum Gasteiger partial charge on any atom is -1.00 e. The Morgan fingerprint density at radius 1 is 1.40 bits per heavy atom. The summed E-state index contributed by atoms with van der Waals surface area (Å²) in [6, 6.07) is 0. The van der Waals surface area contributed by atoms with Crippen molar-refractivity contribution in [1.29, 1.82) is 0 Å². The van der Waals surface area contributed by atoms with Gasteiger partial charge >= 0.3 is 48.9 Å². The molecule has 0 aromatic heterocycles. The van der Waals surface area contributed by atoms with Crippen molar-refractivity contribution in [2.24, 2.45) is 0 Å². The molecule has 0 saturated carbocycles. The van der Waals surface area contributed by atoms with Gasteiger partial charge in [-0.15, -0.1) is 6.61 Å². The average molecular weight is 271 g/mol. The van der Waals surface area contributed by atoms with Crippen LogP contribution in [0.2, 0.25) is 0 Å². The standard InChI is InChI=1S/C6H14NO2.Ba.H/c1-7(2)3-5-9-6-4-8;;/h3-6H2,1-2H3;;/q-1;+2;-1. The minimum absolute atomic E-state index is 0. The van der Waals surface area contributed by atoms with Crippen LogP contribution in [-0.2, 0) is 4.74 Å². The quantitative estimate of drug-likeness (QED) is 0.458. The molecule has 0 rings (SSSR count). The second kappa shape index (κ2) is 10.5. The Bertz CT molecular complexity index is 66.5. The van der Waals surface area contributed by atoms with Crippen LogP contribution in [0.5, 0.6) is 0 Å². The van der Waals surface area contributed by atoms with Gasteiger partial charge in [-0.1, -0.05) is 0 Å². The minimum atomic E-state index is -0.132. The van der Waals surface area contributed by atoms with E-state index in [4.69, 9.17) is 4.74 Å². The summed E-state index contributed by atoms with van der Waals surface area (Å²) >= 11 is 0. The van der Waals surface area contributed by atoms with Crippen LogP contribution >= 0.6 is 0 Å². The monoisotopic (exact) mass is 271 g/mol. The van der Waals surface area contributed by atoms with E-state index in [2.05, 4.69) is 0 Å². The summed E-state index contributed by atoms with van der Waals surface area (Å²) < 4.78 is 4.94. The second-order valence-electron chi connectivity index (χ2n) is 2.12. The fourth-order valence-electron chi connectivity index (χ4n) is 0.408. The second-order valence-corrected chi connectivity index (χ2v) is 2.12. The number of hydrogen-bond acceptors (Lipinski definition) is 3. The van der Waals surface area contributed by atoms with Gasteiger partial charge in [-0.05, 0) is 14.1 Å². The molecule has 0 aromatic carbocycles. The van der Waals surface area contributed by atoms with Gasteiger partial charge in [0.1, 0.15) is 0 Å². The molecule has 58 valence electrons. The summed E-state index contributed by atoms with van der Waals surface area (Å²) in [5, 5.41) is 9.84. The topological polar surface area (TPSA) is 35.5 Å². The number of rotatable bonds is 5. The van der Waals surface area contributed by atoms with E-state index in [1.807, 2.05) is 19.0 Å². The third-order valence-corrected chi connectivity index (χ3v) is 0.911. The van der Waals surface area contributed by atoms with Crippen molar-refractivity contribution < 1.29 is 11.3 Å². The summed E-state index contributed by atoms with van der Waals surface area (Å²) in [4.78, 5) is 2.02. The first-order valence-electron chi connectivity index (χ1n) is 3.08. The maximum Gasteiger partial charge on any atom is 2.00 e. The zero-order valence-corrected chi connectivity index (χ0v) is 11.2. The normalized spacial score (nSPS) is 9.60. The maximum atomic E-state index is 9.84. The van der Waals surface area contributed by atoms with Crippen LogP contribution in [0.25, 0.3) is 0 Å². The zero-order valence-electron chi connectivity index (χ0n) is 7.80. The van der Waals surface area contributed by atoms with E-state index >= 15 is 0 Å². The molecule has 0 heterocycles. The van der Waals surface area contributed by atoms with Gasteiger partial charge in [0.05, 0.1) is 6.61 Å². The van der Waals surface area contributed by atoms with Gasteiger partial charge in [-0.2, -0.15) is 0 Å². The molecule has 0 aliphatic rings. The van der Waals surface area contributed by atoms with Crippen LogP contribution in [0.15, 0.2) is 0 Å². The van der Waals surface area contributed by atoms with Crippen molar-refractivity contribution in [3.8, 4) is 0 Å². The van der Waals surface area contributed by atoms with Gasteiger partial charge in [0.25, 0.3) is 0 Å². The molecule has 0 spiro atoms. The van der Waals surface area contributed by atoms with Crippen molar-refractivity contribution in [3.63, 3.8) is 0 Å². The number of likely N-dealkylation sites (N-methyl/N-ethyl adjacent to an activating group) is 1. The molecule has 0 radical (unpaired) electrons. The number of nitrogens with zero attached hydrogens (tertiary/aromatic N) is 1. The van der Waals surface area contributed by atoms with E-state index in [0.717, 1.165) is 6.54 Å². The molecule has 0 bridgehead atoms. The van der Waals surface area contributed by atoms with Crippen molar-refractivity contribution in [2.75, 3.05) is 40.5 Å². The molecule has 4 heteroatoms. The van der Waals surface area contributed by atoms with Crippen LogP contribution in [0.1, 0.15) is 1.43 Å². The Morgan fingerprint density at radius 2 is 2.00 bits per heavy atom. The zero-order chi connectivity index (χ0) is 7.11. The summed E-state index contributed by atoms with van der Waals surface area (Å²) in [6.45, 7) is 1.76. The molecule has 0 aliphatic carbocycles. The predicted octanol–water partition coefficient (Wildman–Crippen LogP) is -1.34. The fourth-order valence-corrected chi connectivity index (χ4v) is 0.408. The van der Waals surface area contributed by atoms with Crippen molar-refractivity contribution in [2.45, 2.75) is 0 Å². The van der Waals surface area contributed by atoms with Crippen molar-refractivity contribution >= 4 is 48.9 Å². The smallest absolute Gasteiger partial charge is 1.00 e. The predicted molar refractivity (Wildman–Crippen MR) is 41.1 cm³/mol. The molecule has 0 saturated heterocycles. The van der Waals surface area contributed by atoms with Gasteiger partial charge in [0, 0.05) is 13.2 Å². The third kappa shape index (κ3) is 12.2. The summed E-state index contributed by atoms with van der Waals surface area (Å²) in [6.07, 6.45) is 0. The van der Waals surface area contributed by atoms with Gasteiger partial charge in [-0.25, -0.2) is 0 Å². The van der Waals surface area contributed by atoms with E-state index in [0.29, 0.717) is 13.2 Å². The Labute approximate surface area is 104 Å². The first-order valence-corrected chi connectivity index (χ1v) is 3.08. The largest absolute Gasteiger partial charge is 2.00 e. The molecule has 0 aromatic rings. The molecule has 0 unspecified atom stereocenters. The number of ether oxygens (including phenoxy) is 1. The van der Waals surface area contributed by atoms with E-state index in [9.17, 15) is 5.11 Å². The van der Waals surface area contributed by atoms with Crippen LogP contribution in [-0.4, -0.2) is 94.2 Å². The van der Waals surface area contributed by atoms with Gasteiger partial charge in [-0.3, -0.25) is 0 Å². The summed E-state index contributed by atoms with van der Waals surface area (Å²) in [5.74, 6) is 0. The van der Waals surface area contributed by atoms with Gasteiger partial charge in [0.15, 0.2) is 0 Å².